The smallest absolute Gasteiger partial charge is 0.0997 e. The number of hydrogen-bond acceptors (Lipinski definition) is 2. The van der Waals surface area contributed by atoms with Crippen LogP contribution in [-0.4, -0.2) is 30.3 Å². The molecule has 0 amide bonds. The number of rotatable bonds is 1. The molecule has 2 aliphatic rings. The monoisotopic (exact) mass is 169 g/mol. The molecular weight excluding hydrogens is 150 g/mol. The molecule has 1 unspecified atom stereocenters. The Bertz CT molecular complexity index is 140. The molecule has 1 saturated carbocycles. The van der Waals surface area contributed by atoms with Crippen LogP contribution in [0.2, 0.25) is 0 Å². The topological polar surface area (TPSA) is 12.5 Å². The van der Waals surface area contributed by atoms with Crippen molar-refractivity contribution in [2.75, 3.05) is 13.3 Å². The summed E-state index contributed by atoms with van der Waals surface area (Å²) in [6.45, 7) is 4.21. The predicted molar refractivity (Wildman–Crippen MR) is 49.0 cm³/mol. The van der Waals surface area contributed by atoms with Gasteiger partial charge in [0.25, 0.3) is 0 Å². The number of nitrogens with zero attached hydrogens (tertiary/aromatic N) is 1. The lowest BCUT2D eigenvalue weighted by Gasteiger charge is -2.29. The van der Waals surface area contributed by atoms with E-state index in [1.165, 1.54) is 32.1 Å². The highest BCUT2D eigenvalue weighted by atomic mass is 16.5. The van der Waals surface area contributed by atoms with Crippen molar-refractivity contribution in [2.24, 2.45) is 0 Å². The van der Waals surface area contributed by atoms with Gasteiger partial charge in [-0.15, -0.1) is 0 Å². The van der Waals surface area contributed by atoms with Crippen LogP contribution in [0.4, 0.5) is 0 Å². The average molecular weight is 169 g/mol. The molecule has 70 valence electrons. The SMILES string of the molecule is CC1CN(C2CCCCC2)CO1. The summed E-state index contributed by atoms with van der Waals surface area (Å²) >= 11 is 0. The van der Waals surface area contributed by atoms with Gasteiger partial charge in [-0.3, -0.25) is 4.90 Å². The van der Waals surface area contributed by atoms with Crippen LogP contribution in [0, 0.1) is 0 Å². The van der Waals surface area contributed by atoms with Crippen molar-refractivity contribution in [3.8, 4) is 0 Å². The van der Waals surface area contributed by atoms with Crippen LogP contribution in [0.25, 0.3) is 0 Å². The second-order valence-corrected chi connectivity index (χ2v) is 4.17. The maximum atomic E-state index is 5.54. The normalized spacial score (nSPS) is 34.2. The van der Waals surface area contributed by atoms with Gasteiger partial charge in [0.05, 0.1) is 12.8 Å². The highest BCUT2D eigenvalue weighted by molar-refractivity contribution is 4.78. The summed E-state index contributed by atoms with van der Waals surface area (Å²) in [6, 6.07) is 0.837. The third kappa shape index (κ3) is 1.80. The summed E-state index contributed by atoms with van der Waals surface area (Å²) in [7, 11) is 0. The van der Waals surface area contributed by atoms with E-state index in [2.05, 4.69) is 11.8 Å². The zero-order chi connectivity index (χ0) is 8.39. The van der Waals surface area contributed by atoms with Crippen molar-refractivity contribution in [3.05, 3.63) is 0 Å². The molecule has 1 heterocycles. The van der Waals surface area contributed by atoms with Gasteiger partial charge in [0.2, 0.25) is 0 Å². The van der Waals surface area contributed by atoms with Gasteiger partial charge in [0.15, 0.2) is 0 Å². The minimum atomic E-state index is 0.465. The van der Waals surface area contributed by atoms with E-state index < -0.39 is 0 Å². The molecule has 0 radical (unpaired) electrons. The Balaban J connectivity index is 1.83. The Morgan fingerprint density at radius 1 is 1.17 bits per heavy atom. The maximum Gasteiger partial charge on any atom is 0.0997 e. The van der Waals surface area contributed by atoms with Crippen LogP contribution < -0.4 is 0 Å². The second kappa shape index (κ2) is 3.75. The minimum Gasteiger partial charge on any atom is -0.362 e. The van der Waals surface area contributed by atoms with Crippen LogP contribution in [-0.2, 0) is 4.74 Å². The fraction of sp³-hybridized carbons (Fsp3) is 1.00. The Morgan fingerprint density at radius 2 is 1.92 bits per heavy atom. The summed E-state index contributed by atoms with van der Waals surface area (Å²) in [5, 5.41) is 0. The Labute approximate surface area is 74.9 Å². The van der Waals surface area contributed by atoms with Gasteiger partial charge in [0.1, 0.15) is 0 Å². The zero-order valence-electron chi connectivity index (χ0n) is 7.96. The number of ether oxygens (including phenoxy) is 1. The molecule has 0 aromatic heterocycles. The first kappa shape index (κ1) is 8.52. The molecule has 1 atom stereocenters. The summed E-state index contributed by atoms with van der Waals surface area (Å²) in [5.74, 6) is 0. The third-order valence-corrected chi connectivity index (χ3v) is 3.11. The van der Waals surface area contributed by atoms with E-state index in [1.807, 2.05) is 0 Å². The molecule has 1 aliphatic carbocycles. The highest BCUT2D eigenvalue weighted by Crippen LogP contribution is 2.24. The molecule has 0 aromatic rings. The van der Waals surface area contributed by atoms with Crippen molar-refractivity contribution in [2.45, 2.75) is 51.2 Å². The first-order valence-electron chi connectivity index (χ1n) is 5.22. The van der Waals surface area contributed by atoms with Gasteiger partial charge in [-0.25, -0.2) is 0 Å². The average Bonchev–Trinajstić information content (AvgIpc) is 2.54. The quantitative estimate of drug-likeness (QED) is 0.595. The Kier molecular flexibility index (Phi) is 2.66. The van der Waals surface area contributed by atoms with E-state index in [1.54, 1.807) is 0 Å². The van der Waals surface area contributed by atoms with Gasteiger partial charge < -0.3 is 4.74 Å². The molecule has 0 bridgehead atoms. The first-order valence-corrected chi connectivity index (χ1v) is 5.22. The standard InChI is InChI=1S/C10H19NO/c1-9-7-11(8-12-9)10-5-3-2-4-6-10/h9-10H,2-8H2,1H3. The van der Waals surface area contributed by atoms with Gasteiger partial charge in [-0.2, -0.15) is 0 Å². The third-order valence-electron chi connectivity index (χ3n) is 3.11. The maximum absolute atomic E-state index is 5.54. The fourth-order valence-corrected chi connectivity index (χ4v) is 2.36. The molecule has 0 N–H and O–H groups in total. The van der Waals surface area contributed by atoms with Gasteiger partial charge >= 0.3 is 0 Å². The molecular formula is C10H19NO. The largest absolute Gasteiger partial charge is 0.362 e. The molecule has 0 spiro atoms. The lowest BCUT2D eigenvalue weighted by Crippen LogP contribution is -2.35. The minimum absolute atomic E-state index is 0.465. The summed E-state index contributed by atoms with van der Waals surface area (Å²) in [6.07, 6.45) is 7.56. The van der Waals surface area contributed by atoms with Crippen LogP contribution in [0.5, 0.6) is 0 Å². The van der Waals surface area contributed by atoms with Gasteiger partial charge in [-0.1, -0.05) is 19.3 Å². The molecule has 2 heteroatoms. The van der Waals surface area contributed by atoms with Gasteiger partial charge in [-0.05, 0) is 19.8 Å². The van der Waals surface area contributed by atoms with E-state index in [0.29, 0.717) is 6.10 Å². The summed E-state index contributed by atoms with van der Waals surface area (Å²) < 4.78 is 5.54. The Hall–Kier alpha value is -0.0800. The molecule has 2 nitrogen and oxygen atoms in total. The van der Waals surface area contributed by atoms with E-state index in [4.69, 9.17) is 4.74 Å². The summed E-state index contributed by atoms with van der Waals surface area (Å²) in [4.78, 5) is 2.52. The van der Waals surface area contributed by atoms with Gasteiger partial charge in [0, 0.05) is 12.6 Å². The van der Waals surface area contributed by atoms with Crippen molar-refractivity contribution < 1.29 is 4.74 Å². The van der Waals surface area contributed by atoms with Crippen molar-refractivity contribution in [3.63, 3.8) is 0 Å². The molecule has 12 heavy (non-hydrogen) atoms. The van der Waals surface area contributed by atoms with Crippen molar-refractivity contribution >= 4 is 0 Å². The van der Waals surface area contributed by atoms with Crippen LogP contribution >= 0.6 is 0 Å². The van der Waals surface area contributed by atoms with E-state index >= 15 is 0 Å². The molecule has 2 rings (SSSR count). The van der Waals surface area contributed by atoms with Crippen LogP contribution in [0.15, 0.2) is 0 Å². The summed E-state index contributed by atoms with van der Waals surface area (Å²) in [5.41, 5.74) is 0. The number of hydrogen-bond donors (Lipinski definition) is 0. The van der Waals surface area contributed by atoms with Crippen molar-refractivity contribution in [1.82, 2.24) is 4.90 Å². The van der Waals surface area contributed by atoms with Crippen LogP contribution in [0.3, 0.4) is 0 Å². The van der Waals surface area contributed by atoms with Crippen LogP contribution in [0.1, 0.15) is 39.0 Å². The lowest BCUT2D eigenvalue weighted by atomic mass is 9.94. The zero-order valence-corrected chi connectivity index (χ0v) is 7.96. The van der Waals surface area contributed by atoms with Crippen molar-refractivity contribution in [1.29, 1.82) is 0 Å². The molecule has 1 aliphatic heterocycles. The van der Waals surface area contributed by atoms with E-state index in [9.17, 15) is 0 Å². The Morgan fingerprint density at radius 3 is 2.50 bits per heavy atom. The fourth-order valence-electron chi connectivity index (χ4n) is 2.36. The molecule has 2 fully saturated rings. The highest BCUT2D eigenvalue weighted by Gasteiger charge is 2.27. The first-order chi connectivity index (χ1) is 5.86. The lowest BCUT2D eigenvalue weighted by molar-refractivity contribution is 0.0760. The molecule has 0 aromatic carbocycles. The van der Waals surface area contributed by atoms with E-state index in [-0.39, 0.29) is 0 Å². The predicted octanol–water partition coefficient (Wildman–Crippen LogP) is 2.00. The molecule has 1 saturated heterocycles. The van der Waals surface area contributed by atoms with E-state index in [0.717, 1.165) is 19.3 Å². The second-order valence-electron chi connectivity index (χ2n) is 4.17.